The first-order valence-corrected chi connectivity index (χ1v) is 13.7. The lowest BCUT2D eigenvalue weighted by molar-refractivity contribution is -0.145. The monoisotopic (exact) mass is 443 g/mol. The molecule has 7 aliphatic rings. The summed E-state index contributed by atoms with van der Waals surface area (Å²) in [6.07, 6.45) is 15.5. The fourth-order valence-corrected chi connectivity index (χ4v) is 9.54. The quantitative estimate of drug-likeness (QED) is 0.699. The third-order valence-electron chi connectivity index (χ3n) is 10.9. The van der Waals surface area contributed by atoms with Gasteiger partial charge in [-0.05, 0) is 106 Å². The molecule has 10 atom stereocenters. The zero-order valence-corrected chi connectivity index (χ0v) is 19.5. The number of rotatable bonds is 4. The third kappa shape index (κ3) is 3.30. The molecule has 6 unspecified atom stereocenters. The van der Waals surface area contributed by atoms with Crippen molar-refractivity contribution >= 4 is 5.91 Å². The van der Waals surface area contributed by atoms with Crippen molar-refractivity contribution in [2.45, 2.75) is 107 Å². The third-order valence-corrected chi connectivity index (χ3v) is 10.9. The maximum Gasteiger partial charge on any atom is 0.242 e. The van der Waals surface area contributed by atoms with Gasteiger partial charge < -0.3 is 15.0 Å². The molecule has 0 radical (unpaired) electrons. The molecule has 6 heteroatoms. The number of amides is 1. The largest absolute Gasteiger partial charge is 0.375 e. The second kappa shape index (κ2) is 7.93. The number of piperidine rings is 2. The molecule has 2 N–H and O–H groups in total. The van der Waals surface area contributed by atoms with Crippen molar-refractivity contribution in [3.05, 3.63) is 0 Å². The smallest absolute Gasteiger partial charge is 0.242 e. The van der Waals surface area contributed by atoms with E-state index in [-0.39, 0.29) is 12.1 Å². The lowest BCUT2D eigenvalue weighted by atomic mass is 9.63. The van der Waals surface area contributed by atoms with Crippen molar-refractivity contribution in [2.24, 2.45) is 29.1 Å². The van der Waals surface area contributed by atoms with Crippen LogP contribution in [0.4, 0.5) is 0 Å². The van der Waals surface area contributed by atoms with Crippen LogP contribution in [0, 0.1) is 29.1 Å². The molecule has 0 aromatic carbocycles. The molecule has 178 valence electrons. The molecule has 3 bridgehead atoms. The predicted octanol–water partition coefficient (Wildman–Crippen LogP) is 3.01. The Kier molecular flexibility index (Phi) is 5.12. The van der Waals surface area contributed by atoms with Crippen molar-refractivity contribution in [3.63, 3.8) is 0 Å². The molecule has 4 aliphatic carbocycles. The topological polar surface area (TPSA) is 62.8 Å². The Morgan fingerprint density at radius 3 is 2.94 bits per heavy atom. The van der Waals surface area contributed by atoms with E-state index in [9.17, 15) is 4.79 Å². The van der Waals surface area contributed by atoms with Gasteiger partial charge in [-0.25, -0.2) is 0 Å². The number of carbonyl (C=O) groups excluding carboxylic acids is 1. The summed E-state index contributed by atoms with van der Waals surface area (Å²) in [6, 6.07) is 1.01. The Morgan fingerprint density at radius 1 is 1.03 bits per heavy atom. The molecule has 32 heavy (non-hydrogen) atoms. The molecular weight excluding hydrogens is 402 g/mol. The zero-order chi connectivity index (χ0) is 21.3. The van der Waals surface area contributed by atoms with E-state index in [1.807, 2.05) is 0 Å². The number of hydroxylamine groups is 1. The van der Waals surface area contributed by atoms with E-state index in [2.05, 4.69) is 15.7 Å². The van der Waals surface area contributed by atoms with E-state index in [1.54, 1.807) is 0 Å². The van der Waals surface area contributed by atoms with Crippen LogP contribution in [0.25, 0.3) is 0 Å². The van der Waals surface area contributed by atoms with Gasteiger partial charge in [-0.3, -0.25) is 9.63 Å². The highest BCUT2D eigenvalue weighted by Gasteiger charge is 2.62. The van der Waals surface area contributed by atoms with E-state index < -0.39 is 0 Å². The molecule has 0 aromatic rings. The van der Waals surface area contributed by atoms with Gasteiger partial charge >= 0.3 is 0 Å². The van der Waals surface area contributed by atoms with Gasteiger partial charge in [0.05, 0.1) is 12.7 Å². The maximum absolute atomic E-state index is 13.6. The van der Waals surface area contributed by atoms with Gasteiger partial charge in [-0.15, -0.1) is 0 Å². The van der Waals surface area contributed by atoms with Crippen LogP contribution in [0.15, 0.2) is 0 Å². The van der Waals surface area contributed by atoms with Crippen LogP contribution in [0.3, 0.4) is 0 Å². The van der Waals surface area contributed by atoms with Crippen molar-refractivity contribution < 1.29 is 14.4 Å². The van der Waals surface area contributed by atoms with Crippen molar-refractivity contribution in [2.75, 3.05) is 19.7 Å². The number of hydrogen-bond donors (Lipinski definition) is 2. The summed E-state index contributed by atoms with van der Waals surface area (Å²) in [7, 11) is 0. The molecule has 3 saturated heterocycles. The lowest BCUT2D eigenvalue weighted by Gasteiger charge is -2.52. The summed E-state index contributed by atoms with van der Waals surface area (Å²) < 4.78 is 6.31. The number of nitrogens with one attached hydrogen (secondary N) is 2. The standard InChI is InChI=1S/C26H41N3O3/c30-25(29-14-19-4-3-18-8-16-9-20(29)13-26(18,19)12-16)24-11-22(32-28-24)15-31-21-5-6-23-17(10-21)2-1-7-27-23/h16-24,27-28H,1-15H2/t16-,17?,18+,19+,20-,21?,22?,23?,24?,26?/m1/s1. The van der Waals surface area contributed by atoms with Gasteiger partial charge in [-0.2, -0.15) is 5.48 Å². The van der Waals surface area contributed by atoms with E-state index in [1.165, 1.54) is 70.8 Å². The normalized spacial score (nSPS) is 51.6. The summed E-state index contributed by atoms with van der Waals surface area (Å²) >= 11 is 0. The number of carbonyl (C=O) groups is 1. The predicted molar refractivity (Wildman–Crippen MR) is 121 cm³/mol. The minimum Gasteiger partial charge on any atom is -0.375 e. The lowest BCUT2D eigenvalue weighted by Crippen LogP contribution is -2.58. The average Bonchev–Trinajstić information content (AvgIpc) is 3.48. The zero-order valence-electron chi connectivity index (χ0n) is 19.5. The minimum absolute atomic E-state index is 0.000634. The van der Waals surface area contributed by atoms with E-state index in [4.69, 9.17) is 9.57 Å². The van der Waals surface area contributed by atoms with Crippen molar-refractivity contribution in [3.8, 4) is 0 Å². The number of fused-ring (bicyclic) bond motifs is 3. The first-order chi connectivity index (χ1) is 15.7. The Bertz CT molecular complexity index is 748. The van der Waals surface area contributed by atoms with Gasteiger partial charge in [0.15, 0.2) is 0 Å². The molecule has 1 spiro atoms. The summed E-state index contributed by atoms with van der Waals surface area (Å²) in [5.41, 5.74) is 3.71. The Balaban J connectivity index is 0.933. The summed E-state index contributed by atoms with van der Waals surface area (Å²) in [6.45, 7) is 2.81. The Labute approximate surface area is 192 Å². The van der Waals surface area contributed by atoms with Gasteiger partial charge in [-0.1, -0.05) is 0 Å². The first-order valence-electron chi connectivity index (χ1n) is 13.7. The molecule has 7 rings (SSSR count). The molecule has 0 aromatic heterocycles. The first kappa shape index (κ1) is 20.7. The van der Waals surface area contributed by atoms with Crippen LogP contribution in [0.2, 0.25) is 0 Å². The maximum atomic E-state index is 13.6. The van der Waals surface area contributed by atoms with Crippen LogP contribution in [0.5, 0.6) is 0 Å². The highest BCUT2D eigenvalue weighted by atomic mass is 16.7. The van der Waals surface area contributed by atoms with Crippen LogP contribution < -0.4 is 10.8 Å². The molecular formula is C26H41N3O3. The van der Waals surface area contributed by atoms with Gasteiger partial charge in [0.2, 0.25) is 5.91 Å². The fourth-order valence-electron chi connectivity index (χ4n) is 9.54. The Morgan fingerprint density at radius 2 is 1.97 bits per heavy atom. The second-order valence-corrected chi connectivity index (χ2v) is 12.5. The van der Waals surface area contributed by atoms with E-state index in [0.29, 0.717) is 36.1 Å². The minimum atomic E-state index is -0.187. The van der Waals surface area contributed by atoms with Crippen LogP contribution in [0.1, 0.15) is 77.0 Å². The molecule has 1 amide bonds. The van der Waals surface area contributed by atoms with Crippen LogP contribution in [-0.2, 0) is 14.4 Å². The SMILES string of the molecule is O=C(C1CC(COC2CCC3NCCCC3C2)ON1)N1C[C@@H]2CC[C@H]3C[C@@H]4C[C@@H]1CC32C4. The Hall–Kier alpha value is -0.690. The second-order valence-electron chi connectivity index (χ2n) is 12.5. The highest BCUT2D eigenvalue weighted by molar-refractivity contribution is 5.82. The summed E-state index contributed by atoms with van der Waals surface area (Å²) in [4.78, 5) is 21.7. The molecule has 3 heterocycles. The van der Waals surface area contributed by atoms with E-state index in [0.717, 1.165) is 43.1 Å². The summed E-state index contributed by atoms with van der Waals surface area (Å²) in [5.74, 6) is 3.67. The number of hydrogen-bond acceptors (Lipinski definition) is 5. The molecule has 6 nitrogen and oxygen atoms in total. The molecule has 3 aliphatic heterocycles. The van der Waals surface area contributed by atoms with Gasteiger partial charge in [0, 0.05) is 25.0 Å². The number of nitrogens with zero attached hydrogens (tertiary/aromatic N) is 1. The van der Waals surface area contributed by atoms with Crippen molar-refractivity contribution in [1.29, 1.82) is 0 Å². The van der Waals surface area contributed by atoms with Gasteiger partial charge in [0.25, 0.3) is 0 Å². The summed E-state index contributed by atoms with van der Waals surface area (Å²) in [5, 5.41) is 3.69. The highest BCUT2D eigenvalue weighted by Crippen LogP contribution is 2.67. The van der Waals surface area contributed by atoms with Gasteiger partial charge in [0.1, 0.15) is 12.1 Å². The average molecular weight is 444 g/mol. The number of likely N-dealkylation sites (tertiary alicyclic amines) is 1. The molecule has 4 saturated carbocycles. The van der Waals surface area contributed by atoms with Crippen LogP contribution in [-0.4, -0.2) is 60.8 Å². The number of ether oxygens (including phenoxy) is 1. The fraction of sp³-hybridized carbons (Fsp3) is 0.962. The van der Waals surface area contributed by atoms with Crippen LogP contribution >= 0.6 is 0 Å². The molecule has 7 fully saturated rings. The van der Waals surface area contributed by atoms with E-state index >= 15 is 0 Å². The van der Waals surface area contributed by atoms with Crippen molar-refractivity contribution in [1.82, 2.24) is 15.7 Å².